The van der Waals surface area contributed by atoms with Crippen LogP contribution in [0.3, 0.4) is 0 Å². The molecule has 6 heteroatoms. The molecule has 2 rings (SSSR count). The zero-order valence-electron chi connectivity index (χ0n) is 11.4. The van der Waals surface area contributed by atoms with Crippen LogP contribution in [0.25, 0.3) is 0 Å². The lowest BCUT2D eigenvalue weighted by molar-refractivity contribution is 0.0438. The van der Waals surface area contributed by atoms with E-state index in [1.54, 1.807) is 7.11 Å². The molecule has 2 heterocycles. The molecule has 1 atom stereocenters. The lowest BCUT2D eigenvalue weighted by Gasteiger charge is -2.34. The number of anilines is 1. The van der Waals surface area contributed by atoms with Crippen molar-refractivity contribution in [3.8, 4) is 5.75 Å². The van der Waals surface area contributed by atoms with Crippen LogP contribution in [-0.4, -0.2) is 42.9 Å². The van der Waals surface area contributed by atoms with Gasteiger partial charge >= 0.3 is 0 Å². The SMILES string of the molecule is CCCOC1CCCN(c2ncnc(Cl)c2OC)C1. The van der Waals surface area contributed by atoms with E-state index in [1.807, 2.05) is 0 Å². The van der Waals surface area contributed by atoms with Crippen molar-refractivity contribution >= 4 is 17.4 Å². The molecule has 19 heavy (non-hydrogen) atoms. The highest BCUT2D eigenvalue weighted by Crippen LogP contribution is 2.33. The number of hydrogen-bond donors (Lipinski definition) is 0. The number of aromatic nitrogens is 2. The summed E-state index contributed by atoms with van der Waals surface area (Å²) in [6.07, 6.45) is 4.94. The maximum atomic E-state index is 6.03. The van der Waals surface area contributed by atoms with Gasteiger partial charge in [0.05, 0.1) is 13.2 Å². The summed E-state index contributed by atoms with van der Waals surface area (Å²) in [5.74, 6) is 1.30. The number of hydrogen-bond acceptors (Lipinski definition) is 5. The molecule has 1 saturated heterocycles. The molecule has 0 N–H and O–H groups in total. The van der Waals surface area contributed by atoms with Crippen molar-refractivity contribution in [1.82, 2.24) is 9.97 Å². The van der Waals surface area contributed by atoms with E-state index in [2.05, 4.69) is 21.8 Å². The van der Waals surface area contributed by atoms with Gasteiger partial charge in [0.15, 0.2) is 16.7 Å². The van der Waals surface area contributed by atoms with Crippen LogP contribution in [0.5, 0.6) is 5.75 Å². The van der Waals surface area contributed by atoms with Crippen molar-refractivity contribution in [1.29, 1.82) is 0 Å². The maximum Gasteiger partial charge on any atom is 0.199 e. The van der Waals surface area contributed by atoms with Crippen molar-refractivity contribution in [3.05, 3.63) is 11.5 Å². The first-order valence-electron chi connectivity index (χ1n) is 6.67. The molecule has 106 valence electrons. The summed E-state index contributed by atoms with van der Waals surface area (Å²) in [4.78, 5) is 10.4. The minimum Gasteiger partial charge on any atom is -0.490 e. The van der Waals surface area contributed by atoms with Crippen LogP contribution >= 0.6 is 11.6 Å². The summed E-state index contributed by atoms with van der Waals surface area (Å²) in [5.41, 5.74) is 0. The molecule has 0 aromatic carbocycles. The lowest BCUT2D eigenvalue weighted by atomic mass is 10.1. The van der Waals surface area contributed by atoms with Gasteiger partial charge in [-0.05, 0) is 19.3 Å². The maximum absolute atomic E-state index is 6.03. The van der Waals surface area contributed by atoms with Gasteiger partial charge in [0.1, 0.15) is 6.33 Å². The van der Waals surface area contributed by atoms with Gasteiger partial charge in [-0.1, -0.05) is 18.5 Å². The molecule has 0 radical (unpaired) electrons. The van der Waals surface area contributed by atoms with Crippen molar-refractivity contribution in [2.24, 2.45) is 0 Å². The molecule has 1 aromatic heterocycles. The van der Waals surface area contributed by atoms with Gasteiger partial charge in [-0.2, -0.15) is 0 Å². The Bertz CT molecular complexity index is 417. The highest BCUT2D eigenvalue weighted by Gasteiger charge is 2.24. The predicted octanol–water partition coefficient (Wildman–Crippen LogP) is 2.53. The third-order valence-corrected chi connectivity index (χ3v) is 3.45. The van der Waals surface area contributed by atoms with E-state index < -0.39 is 0 Å². The van der Waals surface area contributed by atoms with E-state index in [0.717, 1.165) is 44.8 Å². The highest BCUT2D eigenvalue weighted by atomic mass is 35.5. The molecule has 5 nitrogen and oxygen atoms in total. The smallest absolute Gasteiger partial charge is 0.199 e. The average molecular weight is 286 g/mol. The van der Waals surface area contributed by atoms with Crippen LogP contribution in [0.15, 0.2) is 6.33 Å². The number of piperidine rings is 1. The monoisotopic (exact) mass is 285 g/mol. The van der Waals surface area contributed by atoms with E-state index >= 15 is 0 Å². The number of nitrogens with zero attached hydrogens (tertiary/aromatic N) is 3. The van der Waals surface area contributed by atoms with E-state index in [1.165, 1.54) is 6.33 Å². The summed E-state index contributed by atoms with van der Waals surface area (Å²) < 4.78 is 11.1. The second-order valence-corrected chi connectivity index (χ2v) is 4.96. The first kappa shape index (κ1) is 14.3. The van der Waals surface area contributed by atoms with Crippen LogP contribution in [0.2, 0.25) is 5.15 Å². The average Bonchev–Trinajstić information content (AvgIpc) is 2.45. The number of rotatable bonds is 5. The largest absolute Gasteiger partial charge is 0.490 e. The molecular formula is C13H20ClN3O2. The Morgan fingerprint density at radius 2 is 2.32 bits per heavy atom. The van der Waals surface area contributed by atoms with Gasteiger partial charge in [-0.25, -0.2) is 9.97 Å². The zero-order chi connectivity index (χ0) is 13.7. The van der Waals surface area contributed by atoms with E-state index in [4.69, 9.17) is 21.1 Å². The van der Waals surface area contributed by atoms with Gasteiger partial charge in [0, 0.05) is 19.7 Å². The highest BCUT2D eigenvalue weighted by molar-refractivity contribution is 6.31. The lowest BCUT2D eigenvalue weighted by Crippen LogP contribution is -2.40. The predicted molar refractivity (Wildman–Crippen MR) is 75.1 cm³/mol. The van der Waals surface area contributed by atoms with Crippen molar-refractivity contribution in [3.63, 3.8) is 0 Å². The Kier molecular flexibility index (Phi) is 5.22. The van der Waals surface area contributed by atoms with Crippen LogP contribution in [0.4, 0.5) is 5.82 Å². The van der Waals surface area contributed by atoms with Crippen LogP contribution in [-0.2, 0) is 4.74 Å². The Morgan fingerprint density at radius 1 is 1.47 bits per heavy atom. The molecule has 1 aliphatic heterocycles. The van der Waals surface area contributed by atoms with Crippen LogP contribution in [0, 0.1) is 0 Å². The van der Waals surface area contributed by atoms with Crippen molar-refractivity contribution in [2.75, 3.05) is 31.7 Å². The quantitative estimate of drug-likeness (QED) is 0.778. The molecule has 1 aliphatic rings. The van der Waals surface area contributed by atoms with Gasteiger partial charge in [0.2, 0.25) is 0 Å². The summed E-state index contributed by atoms with van der Waals surface area (Å²) >= 11 is 6.03. The Labute approximate surface area is 118 Å². The third kappa shape index (κ3) is 3.48. The normalized spacial score (nSPS) is 19.5. The zero-order valence-corrected chi connectivity index (χ0v) is 12.2. The van der Waals surface area contributed by atoms with Crippen LogP contribution in [0.1, 0.15) is 26.2 Å². The molecule has 0 saturated carbocycles. The fourth-order valence-electron chi connectivity index (χ4n) is 2.30. The molecule has 0 amide bonds. The summed E-state index contributed by atoms with van der Waals surface area (Å²) in [5, 5.41) is 0.351. The first-order chi connectivity index (χ1) is 9.26. The minimum atomic E-state index is 0.257. The fourth-order valence-corrected chi connectivity index (χ4v) is 2.50. The van der Waals surface area contributed by atoms with Gasteiger partial charge < -0.3 is 14.4 Å². The number of halogens is 1. The summed E-state index contributed by atoms with van der Waals surface area (Å²) in [6, 6.07) is 0. The van der Waals surface area contributed by atoms with Gasteiger partial charge in [-0.3, -0.25) is 0 Å². The third-order valence-electron chi connectivity index (χ3n) is 3.18. The Hall–Kier alpha value is -1.07. The Balaban J connectivity index is 2.10. The molecule has 0 aliphatic carbocycles. The molecule has 1 fully saturated rings. The number of ether oxygens (including phenoxy) is 2. The minimum absolute atomic E-state index is 0.257. The van der Waals surface area contributed by atoms with Gasteiger partial charge in [-0.15, -0.1) is 0 Å². The molecular weight excluding hydrogens is 266 g/mol. The molecule has 1 aromatic rings. The first-order valence-corrected chi connectivity index (χ1v) is 7.05. The van der Waals surface area contributed by atoms with Crippen molar-refractivity contribution in [2.45, 2.75) is 32.3 Å². The van der Waals surface area contributed by atoms with E-state index in [0.29, 0.717) is 10.9 Å². The number of methoxy groups -OCH3 is 1. The molecule has 1 unspecified atom stereocenters. The topological polar surface area (TPSA) is 47.5 Å². The van der Waals surface area contributed by atoms with Crippen LogP contribution < -0.4 is 9.64 Å². The van der Waals surface area contributed by atoms with Crippen molar-refractivity contribution < 1.29 is 9.47 Å². The summed E-state index contributed by atoms with van der Waals surface area (Å²) in [6.45, 7) is 4.69. The van der Waals surface area contributed by atoms with E-state index in [-0.39, 0.29) is 6.10 Å². The molecule has 0 spiro atoms. The molecule has 0 bridgehead atoms. The van der Waals surface area contributed by atoms with E-state index in [9.17, 15) is 0 Å². The standard InChI is InChI=1S/C13H20ClN3O2/c1-3-7-19-10-5-4-6-17(8-10)13-11(18-2)12(14)15-9-16-13/h9-10H,3-8H2,1-2H3. The van der Waals surface area contributed by atoms with Gasteiger partial charge in [0.25, 0.3) is 0 Å². The fraction of sp³-hybridized carbons (Fsp3) is 0.692. The second kappa shape index (κ2) is 6.91. The second-order valence-electron chi connectivity index (χ2n) is 4.60. The summed E-state index contributed by atoms with van der Waals surface area (Å²) in [7, 11) is 1.59. The Morgan fingerprint density at radius 3 is 3.05 bits per heavy atom.